The number of carbonyl (C=O) groups excluding carboxylic acids is 10. The zero-order valence-corrected chi connectivity index (χ0v) is 85.1. The number of carbonyl (C=O) groups is 10. The van der Waals surface area contributed by atoms with Crippen molar-refractivity contribution >= 4 is 59.7 Å². The molecule has 0 radical (unpaired) electrons. The number of esters is 10. The fourth-order valence-corrected chi connectivity index (χ4v) is 20.3. The van der Waals surface area contributed by atoms with E-state index in [2.05, 4.69) is 20.8 Å². The monoisotopic (exact) mass is 1920 g/mol. The van der Waals surface area contributed by atoms with Gasteiger partial charge in [0.05, 0.1) is 113 Å². The number of ether oxygens (including phenoxy) is 12. The van der Waals surface area contributed by atoms with Gasteiger partial charge in [-0.15, -0.1) is 0 Å². The van der Waals surface area contributed by atoms with Crippen LogP contribution in [0.3, 0.4) is 0 Å². The van der Waals surface area contributed by atoms with Crippen molar-refractivity contribution in [2.45, 2.75) is 413 Å². The molecule has 4 aromatic rings. The highest BCUT2D eigenvalue weighted by Crippen LogP contribution is 2.45. The van der Waals surface area contributed by atoms with Crippen LogP contribution in [0.2, 0.25) is 0 Å². The lowest BCUT2D eigenvalue weighted by molar-refractivity contribution is -0.155. The summed E-state index contributed by atoms with van der Waals surface area (Å²) >= 11 is 0. The molecule has 0 heterocycles. The Balaban J connectivity index is 0.000000348. The number of hydrogen-bond donors (Lipinski definition) is 0. The van der Waals surface area contributed by atoms with E-state index < -0.39 is 11.9 Å². The second-order valence-electron chi connectivity index (χ2n) is 40.0. The van der Waals surface area contributed by atoms with Gasteiger partial charge in [0.25, 0.3) is 0 Å². The van der Waals surface area contributed by atoms with Gasteiger partial charge in [0.2, 0.25) is 0 Å². The Morgan fingerprint density at radius 1 is 0.210 bits per heavy atom. The molecule has 9 rings (SSSR count). The number of hydrogen-bond acceptors (Lipinski definition) is 22. The largest absolute Gasteiger partial charge is 0.494 e. The topological polar surface area (TPSA) is 281 Å². The van der Waals surface area contributed by atoms with Crippen molar-refractivity contribution in [3.05, 3.63) is 108 Å². The van der Waals surface area contributed by atoms with Crippen molar-refractivity contribution in [3.8, 4) is 34.5 Å². The summed E-state index contributed by atoms with van der Waals surface area (Å²) in [4.78, 5) is 124. The average molecular weight is 1920 g/mol. The van der Waals surface area contributed by atoms with Gasteiger partial charge in [0.15, 0.2) is 0 Å². The lowest BCUT2D eigenvalue weighted by Gasteiger charge is -2.37. The molecule has 22 nitrogen and oxygen atoms in total. The highest BCUT2D eigenvalue weighted by Gasteiger charge is 2.37. The normalized spacial score (nSPS) is 19.7. The van der Waals surface area contributed by atoms with E-state index in [1.54, 1.807) is 97.1 Å². The van der Waals surface area contributed by atoms with Crippen LogP contribution in [-0.2, 0) is 66.8 Å². The van der Waals surface area contributed by atoms with Crippen LogP contribution < -0.4 is 28.4 Å². The highest BCUT2D eigenvalue weighted by atomic mass is 16.6. The first kappa shape index (κ1) is 114. The fourth-order valence-electron chi connectivity index (χ4n) is 20.3. The average Bonchev–Trinajstić information content (AvgIpc) is 0.843. The zero-order chi connectivity index (χ0) is 98.0. The molecular formula is C116H174O22. The molecular weight excluding hydrogens is 1750 g/mol. The maximum atomic E-state index is 13.0. The van der Waals surface area contributed by atoms with Gasteiger partial charge in [-0.3, -0.25) is 38.4 Å². The van der Waals surface area contributed by atoms with Crippen molar-refractivity contribution in [3.63, 3.8) is 0 Å². The van der Waals surface area contributed by atoms with E-state index in [4.69, 9.17) is 56.8 Å². The van der Waals surface area contributed by atoms with Crippen LogP contribution in [0.25, 0.3) is 0 Å². The number of benzene rings is 4. The minimum Gasteiger partial charge on any atom is -0.494 e. The quantitative estimate of drug-likeness (QED) is 0.0172. The Morgan fingerprint density at radius 2 is 0.435 bits per heavy atom. The summed E-state index contributed by atoms with van der Waals surface area (Å²) < 4.78 is 66.3. The van der Waals surface area contributed by atoms with Crippen LogP contribution in [0.5, 0.6) is 34.5 Å². The molecule has 0 aromatic heterocycles. The smallest absolute Gasteiger partial charge is 0.343 e. The van der Waals surface area contributed by atoms with Crippen LogP contribution >= 0.6 is 0 Å². The van der Waals surface area contributed by atoms with Gasteiger partial charge < -0.3 is 56.8 Å². The van der Waals surface area contributed by atoms with E-state index in [9.17, 15) is 47.9 Å². The Bertz CT molecular complexity index is 3990. The van der Waals surface area contributed by atoms with Gasteiger partial charge in [0.1, 0.15) is 34.5 Å². The van der Waals surface area contributed by atoms with E-state index in [0.717, 1.165) is 235 Å². The summed E-state index contributed by atoms with van der Waals surface area (Å²) in [5, 5.41) is 0. The summed E-state index contributed by atoms with van der Waals surface area (Å²) in [6.07, 6.45) is 61.6. The molecule has 5 saturated carbocycles. The molecule has 0 saturated heterocycles. The molecule has 0 amide bonds. The zero-order valence-electron chi connectivity index (χ0n) is 85.1. The van der Waals surface area contributed by atoms with Crippen LogP contribution in [0.15, 0.2) is 97.1 Å². The van der Waals surface area contributed by atoms with E-state index in [1.165, 1.54) is 135 Å². The standard InChI is InChI=1S/C64H96O13.C52H78O9/c1-3-5-16-21-49-22-24-50(25-23-49)51-26-28-54(29-27-51)63(69)76-57-38-40-58(41-39-57)77-64(70)55-34-36-56(37-35-55)71-45-17-12-10-11-14-19-47-73-60(66)43-42-59(65)72-46-18-13-8-6-7-9-15-20-48-75-62(68)53-32-30-52(31-33-53)61(67)74-44-4-2;1-3-5-7-8-9-13-17-39-58-49(53)36-37-50(54)59-40-18-14-11-10-12-16-38-57-46-30-28-45(29-31-46)52(56)61-48-34-32-47(33-35-48)60-51(55)44-26-24-43(25-27-44)42-22-20-41(21-23-42)19-15-6-4-2/h34-41,49-54H,3-33,42-48H2,1-2H3;28-35,41-44H,3-27,36-40H2,1-2H3. The van der Waals surface area contributed by atoms with Gasteiger partial charge in [-0.1, -0.05) is 233 Å². The Labute approximate surface area is 827 Å². The summed E-state index contributed by atoms with van der Waals surface area (Å²) in [6, 6.07) is 27.2. The third kappa shape index (κ3) is 48.6. The van der Waals surface area contributed by atoms with Crippen LogP contribution in [0, 0.1) is 59.2 Å². The van der Waals surface area contributed by atoms with Crippen molar-refractivity contribution in [2.24, 2.45) is 59.2 Å². The van der Waals surface area contributed by atoms with Crippen LogP contribution in [-0.4, -0.2) is 113 Å². The molecule has 0 aliphatic heterocycles. The van der Waals surface area contributed by atoms with E-state index >= 15 is 0 Å². The first-order valence-corrected chi connectivity index (χ1v) is 54.9. The molecule has 770 valence electrons. The first-order chi connectivity index (χ1) is 67.4. The van der Waals surface area contributed by atoms with Gasteiger partial charge in [-0.25, -0.2) is 9.59 Å². The Kier molecular flexibility index (Phi) is 58.7. The maximum Gasteiger partial charge on any atom is 0.343 e. The molecule has 4 aromatic carbocycles. The highest BCUT2D eigenvalue weighted by molar-refractivity contribution is 5.92. The predicted molar refractivity (Wildman–Crippen MR) is 538 cm³/mol. The third-order valence-electron chi connectivity index (χ3n) is 29.1. The van der Waals surface area contributed by atoms with Crippen LogP contribution in [0.1, 0.15) is 434 Å². The Morgan fingerprint density at radius 3 is 0.725 bits per heavy atom. The molecule has 0 atom stereocenters. The number of unbranched alkanes of at least 4 members (excludes halogenated alkanes) is 27. The van der Waals surface area contributed by atoms with Crippen molar-refractivity contribution < 1.29 is 105 Å². The summed E-state index contributed by atoms with van der Waals surface area (Å²) in [6.45, 7) is 12.3. The lowest BCUT2D eigenvalue weighted by atomic mass is 9.68. The molecule has 138 heavy (non-hydrogen) atoms. The second-order valence-corrected chi connectivity index (χ2v) is 40.0. The van der Waals surface area contributed by atoms with Gasteiger partial charge >= 0.3 is 59.7 Å². The molecule has 0 bridgehead atoms. The third-order valence-corrected chi connectivity index (χ3v) is 29.1. The fraction of sp³-hybridized carbons (Fsp3) is 0.707. The van der Waals surface area contributed by atoms with Gasteiger partial charge in [-0.05, 0) is 287 Å². The molecule has 0 spiro atoms. The molecule has 22 heteroatoms. The minimum atomic E-state index is -0.480. The van der Waals surface area contributed by atoms with Gasteiger partial charge in [0, 0.05) is 0 Å². The second kappa shape index (κ2) is 70.8. The van der Waals surface area contributed by atoms with E-state index in [-0.39, 0.29) is 97.1 Å². The van der Waals surface area contributed by atoms with E-state index in [0.29, 0.717) is 124 Å². The number of rotatable bonds is 67. The van der Waals surface area contributed by atoms with Crippen molar-refractivity contribution in [1.29, 1.82) is 0 Å². The molecule has 5 aliphatic carbocycles. The van der Waals surface area contributed by atoms with E-state index in [1.807, 2.05) is 6.92 Å². The first-order valence-electron chi connectivity index (χ1n) is 54.9. The Hall–Kier alpha value is -8.82. The van der Waals surface area contributed by atoms with Crippen LogP contribution in [0.4, 0.5) is 0 Å². The lowest BCUT2D eigenvalue weighted by Crippen LogP contribution is -2.30. The maximum absolute atomic E-state index is 13.0. The summed E-state index contributed by atoms with van der Waals surface area (Å²) in [7, 11) is 0. The minimum absolute atomic E-state index is 0.0267. The van der Waals surface area contributed by atoms with Crippen molar-refractivity contribution in [2.75, 3.05) is 52.9 Å². The predicted octanol–water partition coefficient (Wildman–Crippen LogP) is 28.4. The summed E-state index contributed by atoms with van der Waals surface area (Å²) in [5.41, 5.74) is 0.824. The summed E-state index contributed by atoms with van der Waals surface area (Å²) in [5.74, 6) is 4.85. The molecule has 5 fully saturated rings. The molecule has 0 N–H and O–H groups in total. The van der Waals surface area contributed by atoms with Crippen molar-refractivity contribution in [1.82, 2.24) is 0 Å². The molecule has 5 aliphatic rings. The SMILES string of the molecule is CCCCCC1CCC(C2CCC(C(=O)Oc3ccc(OC(=O)c4ccc(OCCCCCCCCOC(=O)CCC(=O)OCCCCCCCCCCOC(=O)C5CCC(C(=O)OCCC)CC5)cc4)cc3)CC2)CC1.CCCCCCCCCOC(=O)CCC(=O)OCCCCCCCCOc1ccc(C(=O)Oc2ccc(OC(=O)C3CCC(C4CCC(CCCCC)CC4)CC3)cc2)cc1. The molecule has 0 unspecified atom stereocenters. The van der Waals surface area contributed by atoms with Gasteiger partial charge in [-0.2, -0.15) is 0 Å².